The summed E-state index contributed by atoms with van der Waals surface area (Å²) in [7, 11) is 0. The van der Waals surface area contributed by atoms with Crippen LogP contribution in [-0.2, 0) is 0 Å². The van der Waals surface area contributed by atoms with Gasteiger partial charge in [-0.1, -0.05) is 0 Å². The van der Waals surface area contributed by atoms with Crippen molar-refractivity contribution >= 4 is 41.7 Å². The van der Waals surface area contributed by atoms with Gasteiger partial charge in [0.2, 0.25) is 0 Å². The average Bonchev–Trinajstić information content (AvgIpc) is 2.47. The predicted octanol–water partition coefficient (Wildman–Crippen LogP) is 1.18. The SMILES string of the molecule is CC(C)(C)NC(N)=NCC1(O)CCSC1.I. The molecule has 1 fully saturated rings. The van der Waals surface area contributed by atoms with Crippen molar-refractivity contribution in [2.24, 2.45) is 10.7 Å². The number of thioether (sulfide) groups is 1. The molecule has 0 aromatic rings. The number of rotatable bonds is 2. The fraction of sp³-hybridized carbons (Fsp3) is 0.900. The number of aliphatic imine (C=N–C) groups is 1. The third-order valence-corrected chi connectivity index (χ3v) is 3.36. The second-order valence-electron chi connectivity index (χ2n) is 5.10. The summed E-state index contributed by atoms with van der Waals surface area (Å²) >= 11 is 1.77. The highest BCUT2D eigenvalue weighted by Crippen LogP contribution is 2.27. The number of halogens is 1. The number of nitrogens with two attached hydrogens (primary N) is 1. The summed E-state index contributed by atoms with van der Waals surface area (Å²) in [5.41, 5.74) is 4.99. The van der Waals surface area contributed by atoms with Crippen LogP contribution in [0.5, 0.6) is 0 Å². The monoisotopic (exact) mass is 359 g/mol. The zero-order valence-electron chi connectivity index (χ0n) is 10.1. The maximum Gasteiger partial charge on any atom is 0.189 e. The Morgan fingerprint density at radius 1 is 1.56 bits per heavy atom. The Balaban J connectivity index is 0.00000225. The Morgan fingerprint density at radius 3 is 2.62 bits per heavy atom. The first-order chi connectivity index (χ1) is 6.81. The van der Waals surface area contributed by atoms with Crippen molar-refractivity contribution in [2.45, 2.75) is 38.3 Å². The minimum atomic E-state index is -0.644. The molecule has 1 heterocycles. The fourth-order valence-electron chi connectivity index (χ4n) is 1.38. The minimum absolute atomic E-state index is 0. The van der Waals surface area contributed by atoms with Crippen LogP contribution in [0.15, 0.2) is 4.99 Å². The van der Waals surface area contributed by atoms with E-state index in [9.17, 15) is 5.11 Å². The van der Waals surface area contributed by atoms with E-state index in [1.165, 1.54) is 0 Å². The molecule has 96 valence electrons. The summed E-state index contributed by atoms with van der Waals surface area (Å²) < 4.78 is 0. The van der Waals surface area contributed by atoms with Crippen LogP contribution in [0.3, 0.4) is 0 Å². The Morgan fingerprint density at radius 2 is 2.19 bits per heavy atom. The summed E-state index contributed by atoms with van der Waals surface area (Å²) in [5.74, 6) is 2.19. The quantitative estimate of drug-likeness (QED) is 0.393. The highest BCUT2D eigenvalue weighted by Gasteiger charge is 2.31. The molecule has 0 aromatic carbocycles. The van der Waals surface area contributed by atoms with Gasteiger partial charge in [-0.3, -0.25) is 4.99 Å². The second-order valence-corrected chi connectivity index (χ2v) is 6.21. The molecule has 1 aliphatic rings. The molecule has 4 nitrogen and oxygen atoms in total. The molecule has 1 aliphatic heterocycles. The fourth-order valence-corrected chi connectivity index (χ4v) is 2.66. The Hall–Kier alpha value is 0.310. The van der Waals surface area contributed by atoms with Gasteiger partial charge < -0.3 is 16.2 Å². The molecule has 0 bridgehead atoms. The molecule has 0 radical (unpaired) electrons. The van der Waals surface area contributed by atoms with Crippen LogP contribution in [0.2, 0.25) is 0 Å². The van der Waals surface area contributed by atoms with Gasteiger partial charge in [-0.25, -0.2) is 0 Å². The molecular weight excluding hydrogens is 337 g/mol. The first-order valence-corrected chi connectivity index (χ1v) is 6.34. The standard InChI is InChI=1S/C10H21N3OS.HI/c1-9(2,3)13-8(11)12-6-10(14)4-5-15-7-10;/h14H,4-7H2,1-3H3,(H3,11,12,13);1H. The van der Waals surface area contributed by atoms with Crippen LogP contribution >= 0.6 is 35.7 Å². The molecule has 1 saturated heterocycles. The number of hydrogen-bond acceptors (Lipinski definition) is 3. The van der Waals surface area contributed by atoms with E-state index >= 15 is 0 Å². The average molecular weight is 359 g/mol. The van der Waals surface area contributed by atoms with Crippen LogP contribution in [0.25, 0.3) is 0 Å². The Kier molecular flexibility index (Phi) is 6.42. The molecule has 0 spiro atoms. The van der Waals surface area contributed by atoms with Crippen LogP contribution < -0.4 is 11.1 Å². The van der Waals surface area contributed by atoms with E-state index in [0.717, 1.165) is 17.9 Å². The number of aliphatic hydroxyl groups is 1. The maximum absolute atomic E-state index is 10.0. The number of hydrogen-bond donors (Lipinski definition) is 3. The van der Waals surface area contributed by atoms with E-state index < -0.39 is 5.60 Å². The van der Waals surface area contributed by atoms with Crippen molar-refractivity contribution in [1.29, 1.82) is 0 Å². The highest BCUT2D eigenvalue weighted by atomic mass is 127. The van der Waals surface area contributed by atoms with Gasteiger partial charge in [0.25, 0.3) is 0 Å². The van der Waals surface area contributed by atoms with E-state index in [2.05, 4.69) is 10.3 Å². The Labute approximate surface area is 119 Å². The van der Waals surface area contributed by atoms with Crippen LogP contribution in [-0.4, -0.2) is 40.3 Å². The van der Waals surface area contributed by atoms with Crippen molar-refractivity contribution in [1.82, 2.24) is 5.32 Å². The summed E-state index contributed by atoms with van der Waals surface area (Å²) in [6.45, 7) is 6.47. The normalized spacial score (nSPS) is 26.4. The van der Waals surface area contributed by atoms with E-state index in [-0.39, 0.29) is 29.5 Å². The van der Waals surface area contributed by atoms with Gasteiger partial charge in [0, 0.05) is 11.3 Å². The van der Waals surface area contributed by atoms with E-state index in [1.54, 1.807) is 11.8 Å². The zero-order valence-corrected chi connectivity index (χ0v) is 13.3. The topological polar surface area (TPSA) is 70.6 Å². The molecular formula is C10H22IN3OS. The summed E-state index contributed by atoms with van der Waals surface area (Å²) in [6, 6.07) is 0. The van der Waals surface area contributed by atoms with Crippen LogP contribution in [0.1, 0.15) is 27.2 Å². The van der Waals surface area contributed by atoms with E-state index in [1.807, 2.05) is 20.8 Å². The van der Waals surface area contributed by atoms with Crippen molar-refractivity contribution in [3.05, 3.63) is 0 Å². The van der Waals surface area contributed by atoms with Crippen LogP contribution in [0.4, 0.5) is 0 Å². The first-order valence-electron chi connectivity index (χ1n) is 5.19. The summed E-state index contributed by atoms with van der Waals surface area (Å²) in [6.07, 6.45) is 0.809. The molecule has 0 amide bonds. The molecule has 1 rings (SSSR count). The van der Waals surface area contributed by atoms with Crippen molar-refractivity contribution in [3.8, 4) is 0 Å². The third-order valence-electron chi connectivity index (χ3n) is 2.13. The molecule has 1 unspecified atom stereocenters. The lowest BCUT2D eigenvalue weighted by molar-refractivity contribution is 0.0778. The van der Waals surface area contributed by atoms with Crippen LogP contribution in [0, 0.1) is 0 Å². The van der Waals surface area contributed by atoms with E-state index in [4.69, 9.17) is 5.73 Å². The highest BCUT2D eigenvalue weighted by molar-refractivity contribution is 14.0. The van der Waals surface area contributed by atoms with Crippen molar-refractivity contribution < 1.29 is 5.11 Å². The summed E-state index contributed by atoms with van der Waals surface area (Å²) in [5, 5.41) is 13.1. The summed E-state index contributed by atoms with van der Waals surface area (Å²) in [4.78, 5) is 4.18. The number of guanidine groups is 1. The van der Waals surface area contributed by atoms with Gasteiger partial charge >= 0.3 is 0 Å². The molecule has 0 saturated carbocycles. The molecule has 6 heteroatoms. The molecule has 4 N–H and O–H groups in total. The third kappa shape index (κ3) is 6.15. The van der Waals surface area contributed by atoms with Gasteiger partial charge in [-0.05, 0) is 32.9 Å². The lowest BCUT2D eigenvalue weighted by atomic mass is 10.0. The number of nitrogens with one attached hydrogen (secondary N) is 1. The predicted molar refractivity (Wildman–Crippen MR) is 81.7 cm³/mol. The molecule has 16 heavy (non-hydrogen) atoms. The molecule has 0 aromatic heterocycles. The van der Waals surface area contributed by atoms with E-state index in [0.29, 0.717) is 12.5 Å². The van der Waals surface area contributed by atoms with Crippen molar-refractivity contribution in [2.75, 3.05) is 18.1 Å². The maximum atomic E-state index is 10.0. The smallest absolute Gasteiger partial charge is 0.189 e. The second kappa shape index (κ2) is 6.30. The van der Waals surface area contributed by atoms with Gasteiger partial charge in [0.15, 0.2) is 5.96 Å². The van der Waals surface area contributed by atoms with Gasteiger partial charge in [0.05, 0.1) is 12.1 Å². The van der Waals surface area contributed by atoms with Gasteiger partial charge in [0.1, 0.15) is 0 Å². The lowest BCUT2D eigenvalue weighted by Crippen LogP contribution is -2.46. The molecule has 1 atom stereocenters. The number of nitrogens with zero attached hydrogens (tertiary/aromatic N) is 1. The first kappa shape index (κ1) is 16.3. The minimum Gasteiger partial charge on any atom is -0.387 e. The largest absolute Gasteiger partial charge is 0.387 e. The Bertz CT molecular complexity index is 247. The molecule has 0 aliphatic carbocycles. The lowest BCUT2D eigenvalue weighted by Gasteiger charge is -2.23. The van der Waals surface area contributed by atoms with Gasteiger partial charge in [-0.2, -0.15) is 11.8 Å². The van der Waals surface area contributed by atoms with Gasteiger partial charge in [-0.15, -0.1) is 24.0 Å². The van der Waals surface area contributed by atoms with Crippen molar-refractivity contribution in [3.63, 3.8) is 0 Å². The zero-order chi connectivity index (χ0) is 11.5.